The number of Topliss-reactive ketones (excluding diaryl/α,β-unsaturated/α-hetero) is 1. The number of benzene rings is 2. The fourth-order valence-corrected chi connectivity index (χ4v) is 3.56. The molecule has 0 saturated heterocycles. The van der Waals surface area contributed by atoms with Gasteiger partial charge < -0.3 is 0 Å². The molecule has 0 amide bonds. The van der Waals surface area contributed by atoms with E-state index in [9.17, 15) is 18.0 Å². The Kier molecular flexibility index (Phi) is 5.38. The van der Waals surface area contributed by atoms with Crippen molar-refractivity contribution in [2.45, 2.75) is 24.9 Å². The van der Waals surface area contributed by atoms with E-state index >= 15 is 0 Å². The molecule has 1 unspecified atom stereocenters. The lowest BCUT2D eigenvalue weighted by molar-refractivity contribution is -0.139. The van der Waals surface area contributed by atoms with Gasteiger partial charge in [0.25, 0.3) is 0 Å². The first-order valence-electron chi connectivity index (χ1n) is 7.72. The van der Waals surface area contributed by atoms with Crippen molar-refractivity contribution < 1.29 is 18.0 Å². The molecule has 26 heavy (non-hydrogen) atoms. The van der Waals surface area contributed by atoms with Gasteiger partial charge in [-0.25, -0.2) is 0 Å². The molecule has 2 aromatic rings. The van der Waals surface area contributed by atoms with Crippen LogP contribution in [0.15, 0.2) is 36.4 Å². The van der Waals surface area contributed by atoms with Gasteiger partial charge in [-0.15, -0.1) is 0 Å². The standard InChI is InChI=1S/C19H12Cl3F3O/c20-15-8-12(9-16(21)18(15)22)14(19(23,24)25)5-2-10-1-4-13-11(7-10)3-6-17(13)26/h1-2,4-5,7-9,14H,3,6H2. The minimum atomic E-state index is -4.52. The number of ketones is 1. The number of carbonyl (C=O) groups is 1. The summed E-state index contributed by atoms with van der Waals surface area (Å²) in [6, 6.07) is 7.36. The highest BCUT2D eigenvalue weighted by Gasteiger charge is 2.39. The maximum Gasteiger partial charge on any atom is 0.399 e. The zero-order valence-corrected chi connectivity index (χ0v) is 15.5. The molecule has 0 aromatic heterocycles. The van der Waals surface area contributed by atoms with E-state index in [1.165, 1.54) is 18.2 Å². The molecule has 1 aliphatic carbocycles. The second kappa shape index (κ2) is 7.26. The van der Waals surface area contributed by atoms with Crippen LogP contribution in [0, 0.1) is 0 Å². The van der Waals surface area contributed by atoms with E-state index in [1.54, 1.807) is 18.2 Å². The Hall–Kier alpha value is -1.49. The predicted octanol–water partition coefficient (Wildman–Crippen LogP) is 7.14. The number of hydrogen-bond donors (Lipinski definition) is 0. The number of fused-ring (bicyclic) bond motifs is 1. The van der Waals surface area contributed by atoms with Crippen LogP contribution in [-0.4, -0.2) is 12.0 Å². The minimum Gasteiger partial charge on any atom is -0.294 e. The average Bonchev–Trinajstić information content (AvgIpc) is 2.92. The quantitative estimate of drug-likeness (QED) is 0.483. The molecule has 0 spiro atoms. The molecular weight excluding hydrogens is 408 g/mol. The van der Waals surface area contributed by atoms with Gasteiger partial charge in [-0.2, -0.15) is 13.2 Å². The van der Waals surface area contributed by atoms with Gasteiger partial charge in [0.15, 0.2) is 5.78 Å². The molecule has 1 nitrogen and oxygen atoms in total. The van der Waals surface area contributed by atoms with Crippen LogP contribution in [0.4, 0.5) is 13.2 Å². The molecule has 2 aromatic carbocycles. The lowest BCUT2D eigenvalue weighted by Gasteiger charge is -2.18. The highest BCUT2D eigenvalue weighted by molar-refractivity contribution is 6.48. The number of halogens is 6. The summed E-state index contributed by atoms with van der Waals surface area (Å²) in [7, 11) is 0. The highest BCUT2D eigenvalue weighted by Crippen LogP contribution is 2.41. The second-order valence-electron chi connectivity index (χ2n) is 6.02. The van der Waals surface area contributed by atoms with Crippen LogP contribution in [0.5, 0.6) is 0 Å². The Morgan fingerprint density at radius 2 is 1.65 bits per heavy atom. The Labute approximate surface area is 163 Å². The number of hydrogen-bond acceptors (Lipinski definition) is 1. The molecule has 7 heteroatoms. The zero-order valence-electron chi connectivity index (χ0n) is 13.2. The molecule has 1 aliphatic rings. The third-order valence-corrected chi connectivity index (χ3v) is 5.45. The van der Waals surface area contributed by atoms with E-state index in [4.69, 9.17) is 34.8 Å². The zero-order chi connectivity index (χ0) is 19.1. The summed E-state index contributed by atoms with van der Waals surface area (Å²) < 4.78 is 40.6. The Morgan fingerprint density at radius 3 is 2.27 bits per heavy atom. The van der Waals surface area contributed by atoms with Gasteiger partial charge in [0.1, 0.15) is 0 Å². The van der Waals surface area contributed by atoms with Gasteiger partial charge in [-0.1, -0.05) is 65.2 Å². The summed E-state index contributed by atoms with van der Waals surface area (Å²) in [5.41, 5.74) is 2.01. The van der Waals surface area contributed by atoms with E-state index in [-0.39, 0.29) is 26.4 Å². The largest absolute Gasteiger partial charge is 0.399 e. The van der Waals surface area contributed by atoms with Crippen molar-refractivity contribution >= 4 is 46.7 Å². The van der Waals surface area contributed by atoms with Gasteiger partial charge in [-0.05, 0) is 35.2 Å². The van der Waals surface area contributed by atoms with E-state index in [1.807, 2.05) is 0 Å². The summed E-state index contributed by atoms with van der Waals surface area (Å²) in [6.07, 6.45) is -1.04. The molecule has 1 atom stereocenters. The molecule has 0 aliphatic heterocycles. The van der Waals surface area contributed by atoms with Gasteiger partial charge in [0.2, 0.25) is 0 Å². The molecule has 0 heterocycles. The Balaban J connectivity index is 1.95. The monoisotopic (exact) mass is 418 g/mol. The first kappa shape index (κ1) is 19.3. The smallest absolute Gasteiger partial charge is 0.294 e. The number of alkyl halides is 3. The Bertz CT molecular complexity index is 880. The molecular formula is C19H12Cl3F3O. The van der Waals surface area contributed by atoms with Gasteiger partial charge in [-0.3, -0.25) is 4.79 Å². The molecule has 3 rings (SSSR count). The van der Waals surface area contributed by atoms with Gasteiger partial charge >= 0.3 is 6.18 Å². The first-order valence-corrected chi connectivity index (χ1v) is 8.85. The van der Waals surface area contributed by atoms with Crippen LogP contribution in [-0.2, 0) is 6.42 Å². The van der Waals surface area contributed by atoms with Crippen molar-refractivity contribution in [2.24, 2.45) is 0 Å². The van der Waals surface area contributed by atoms with E-state index in [0.29, 0.717) is 24.0 Å². The topological polar surface area (TPSA) is 17.1 Å². The van der Waals surface area contributed by atoms with Gasteiger partial charge in [0, 0.05) is 12.0 Å². The lowest BCUT2D eigenvalue weighted by Crippen LogP contribution is -2.19. The van der Waals surface area contributed by atoms with Gasteiger partial charge in [0.05, 0.1) is 21.0 Å². The van der Waals surface area contributed by atoms with Crippen molar-refractivity contribution in [3.8, 4) is 0 Å². The molecule has 0 N–H and O–H groups in total. The van der Waals surface area contributed by atoms with Crippen LogP contribution < -0.4 is 0 Å². The summed E-state index contributed by atoms with van der Waals surface area (Å²) in [5.74, 6) is -1.82. The predicted molar refractivity (Wildman–Crippen MR) is 98.4 cm³/mol. The lowest BCUT2D eigenvalue weighted by atomic mass is 9.96. The molecule has 0 bridgehead atoms. The SMILES string of the molecule is O=C1CCc2cc(C=CC(c3cc(Cl)c(Cl)c(Cl)c3)C(F)(F)F)ccc21. The third kappa shape index (κ3) is 3.93. The molecule has 0 fully saturated rings. The Morgan fingerprint density at radius 1 is 1.00 bits per heavy atom. The van der Waals surface area contributed by atoms with Crippen LogP contribution in [0.3, 0.4) is 0 Å². The maximum absolute atomic E-state index is 13.5. The first-order chi connectivity index (χ1) is 12.2. The fraction of sp³-hybridized carbons (Fsp3) is 0.211. The van der Waals surface area contributed by atoms with Crippen molar-refractivity contribution in [1.29, 1.82) is 0 Å². The normalized spacial score (nSPS) is 15.5. The summed E-state index contributed by atoms with van der Waals surface area (Å²) in [6.45, 7) is 0. The molecule has 0 radical (unpaired) electrons. The maximum atomic E-state index is 13.5. The fourth-order valence-electron chi connectivity index (χ4n) is 2.95. The number of allylic oxidation sites excluding steroid dienone is 1. The average molecular weight is 420 g/mol. The van der Waals surface area contributed by atoms with Crippen LogP contribution in [0.25, 0.3) is 6.08 Å². The van der Waals surface area contributed by atoms with Crippen molar-refractivity contribution in [3.05, 3.63) is 73.7 Å². The van der Waals surface area contributed by atoms with Crippen molar-refractivity contribution in [3.63, 3.8) is 0 Å². The summed E-state index contributed by atoms with van der Waals surface area (Å²) in [5, 5.41) is -0.0500. The number of aryl methyl sites for hydroxylation is 1. The molecule has 0 saturated carbocycles. The summed E-state index contributed by atoms with van der Waals surface area (Å²) in [4.78, 5) is 11.6. The van der Waals surface area contributed by atoms with E-state index < -0.39 is 12.1 Å². The molecule has 136 valence electrons. The van der Waals surface area contributed by atoms with Crippen LogP contribution in [0.2, 0.25) is 15.1 Å². The van der Waals surface area contributed by atoms with Crippen LogP contribution in [0.1, 0.15) is 39.4 Å². The van der Waals surface area contributed by atoms with Crippen molar-refractivity contribution in [1.82, 2.24) is 0 Å². The third-order valence-electron chi connectivity index (χ3n) is 4.25. The second-order valence-corrected chi connectivity index (χ2v) is 7.21. The van der Waals surface area contributed by atoms with E-state index in [0.717, 1.165) is 11.6 Å². The minimum absolute atomic E-state index is 0.0188. The van der Waals surface area contributed by atoms with Crippen molar-refractivity contribution in [2.75, 3.05) is 0 Å². The highest BCUT2D eigenvalue weighted by atomic mass is 35.5. The van der Waals surface area contributed by atoms with E-state index in [2.05, 4.69) is 0 Å². The number of rotatable bonds is 3. The van der Waals surface area contributed by atoms with Crippen LogP contribution >= 0.6 is 34.8 Å². The summed E-state index contributed by atoms with van der Waals surface area (Å²) >= 11 is 17.6. The number of carbonyl (C=O) groups excluding carboxylic acids is 1.